The van der Waals surface area contributed by atoms with Gasteiger partial charge in [0.25, 0.3) is 0 Å². The van der Waals surface area contributed by atoms with Crippen molar-refractivity contribution in [3.8, 4) is 22.9 Å². The van der Waals surface area contributed by atoms with Gasteiger partial charge >= 0.3 is 6.36 Å². The summed E-state index contributed by atoms with van der Waals surface area (Å²) in [6, 6.07) is 7.49. The normalized spacial score (nSPS) is 11.2. The summed E-state index contributed by atoms with van der Waals surface area (Å²) in [5.74, 6) is -0.183. The topological polar surface area (TPSA) is 71.9 Å². The summed E-state index contributed by atoms with van der Waals surface area (Å²) in [6.07, 6.45) is -2.54. The van der Waals surface area contributed by atoms with Crippen molar-refractivity contribution in [1.29, 1.82) is 5.26 Å². The predicted octanol–water partition coefficient (Wildman–Crippen LogP) is 4.62. The molecule has 0 bridgehead atoms. The number of nitriles is 1. The molecule has 2 N–H and O–H groups in total. The molecule has 132 valence electrons. The molecular weight excluding hydrogens is 331 g/mol. The fraction of sp³-hybridized carbons (Fsp3) is 0.333. The van der Waals surface area contributed by atoms with Crippen molar-refractivity contribution in [1.82, 2.24) is 4.98 Å². The molecule has 0 amide bonds. The van der Waals surface area contributed by atoms with Crippen LogP contribution in [0.4, 0.5) is 19.0 Å². The first kappa shape index (κ1) is 18.6. The maximum absolute atomic E-state index is 12.3. The van der Waals surface area contributed by atoms with Gasteiger partial charge in [-0.2, -0.15) is 5.26 Å². The molecular formula is C18H18F3N3O. The zero-order chi connectivity index (χ0) is 18.6. The zero-order valence-corrected chi connectivity index (χ0v) is 13.9. The van der Waals surface area contributed by atoms with Crippen LogP contribution in [0.3, 0.4) is 0 Å². The largest absolute Gasteiger partial charge is 0.573 e. The van der Waals surface area contributed by atoms with Crippen LogP contribution >= 0.6 is 0 Å². The second-order valence-corrected chi connectivity index (χ2v) is 5.46. The number of pyridine rings is 1. The van der Waals surface area contributed by atoms with E-state index in [1.54, 1.807) is 0 Å². The maximum Gasteiger partial charge on any atom is 0.573 e. The lowest BCUT2D eigenvalue weighted by Crippen LogP contribution is -2.17. The molecule has 0 aliphatic heterocycles. The van der Waals surface area contributed by atoms with E-state index in [-0.39, 0.29) is 17.1 Å². The van der Waals surface area contributed by atoms with Gasteiger partial charge in [-0.3, -0.25) is 0 Å². The number of aryl methyl sites for hydroxylation is 1. The highest BCUT2D eigenvalue weighted by Crippen LogP contribution is 2.34. The number of hydrogen-bond acceptors (Lipinski definition) is 4. The summed E-state index contributed by atoms with van der Waals surface area (Å²) < 4.78 is 40.8. The van der Waals surface area contributed by atoms with Gasteiger partial charge in [0.05, 0.1) is 0 Å². The van der Waals surface area contributed by atoms with Crippen molar-refractivity contribution < 1.29 is 17.9 Å². The standard InChI is InChI=1S/C18H18F3N3O/c1-3-5-15-13(4-2)16(14(10-22)17(23)24-15)11-6-8-12(9-7-11)25-18(19,20)21/h6-9H,3-5H2,1-2H3,(H2,23,24). The maximum atomic E-state index is 12.3. The highest BCUT2D eigenvalue weighted by molar-refractivity contribution is 5.79. The van der Waals surface area contributed by atoms with Crippen LogP contribution in [0.15, 0.2) is 24.3 Å². The number of nitrogen functional groups attached to an aromatic ring is 1. The quantitative estimate of drug-likeness (QED) is 0.855. The molecule has 7 heteroatoms. The summed E-state index contributed by atoms with van der Waals surface area (Å²) >= 11 is 0. The van der Waals surface area contributed by atoms with Gasteiger partial charge in [0.1, 0.15) is 23.2 Å². The minimum atomic E-state index is -4.75. The van der Waals surface area contributed by atoms with Gasteiger partial charge in [-0.25, -0.2) is 4.98 Å². The van der Waals surface area contributed by atoms with Gasteiger partial charge in [0, 0.05) is 11.3 Å². The van der Waals surface area contributed by atoms with Crippen molar-refractivity contribution in [2.75, 3.05) is 5.73 Å². The van der Waals surface area contributed by atoms with E-state index in [4.69, 9.17) is 5.73 Å². The number of aromatic nitrogens is 1. The molecule has 2 rings (SSSR count). The van der Waals surface area contributed by atoms with Crippen LogP contribution in [-0.4, -0.2) is 11.3 Å². The Bertz CT molecular complexity index is 793. The van der Waals surface area contributed by atoms with Crippen molar-refractivity contribution >= 4 is 5.82 Å². The number of hydrogen-bond donors (Lipinski definition) is 1. The van der Waals surface area contributed by atoms with Crippen LogP contribution in [0, 0.1) is 11.3 Å². The third-order valence-corrected chi connectivity index (χ3v) is 3.74. The fourth-order valence-corrected chi connectivity index (χ4v) is 2.77. The number of alkyl halides is 3. The Balaban J connectivity index is 2.59. The highest BCUT2D eigenvalue weighted by Gasteiger charge is 2.31. The molecule has 2 aromatic rings. The van der Waals surface area contributed by atoms with Crippen molar-refractivity contribution in [2.45, 2.75) is 39.5 Å². The van der Waals surface area contributed by atoms with E-state index in [2.05, 4.69) is 15.8 Å². The minimum Gasteiger partial charge on any atom is -0.406 e. The summed E-state index contributed by atoms with van der Waals surface area (Å²) in [6.45, 7) is 3.95. The number of nitrogens with two attached hydrogens (primary N) is 1. The van der Waals surface area contributed by atoms with E-state index < -0.39 is 6.36 Å². The Labute approximate surface area is 144 Å². The summed E-state index contributed by atoms with van der Waals surface area (Å²) in [5, 5.41) is 9.47. The first-order chi connectivity index (χ1) is 11.8. The average molecular weight is 349 g/mol. The fourth-order valence-electron chi connectivity index (χ4n) is 2.77. The van der Waals surface area contributed by atoms with Crippen LogP contribution in [0.1, 0.15) is 37.1 Å². The molecule has 0 aliphatic rings. The first-order valence-corrected chi connectivity index (χ1v) is 7.88. The summed E-state index contributed by atoms with van der Waals surface area (Å²) in [7, 11) is 0. The lowest BCUT2D eigenvalue weighted by molar-refractivity contribution is -0.274. The van der Waals surface area contributed by atoms with Gasteiger partial charge in [0.2, 0.25) is 0 Å². The molecule has 0 unspecified atom stereocenters. The Kier molecular flexibility index (Phi) is 5.52. The van der Waals surface area contributed by atoms with Crippen LogP contribution < -0.4 is 10.5 Å². The molecule has 0 aliphatic carbocycles. The summed E-state index contributed by atoms with van der Waals surface area (Å²) in [4.78, 5) is 4.34. The average Bonchev–Trinajstić information content (AvgIpc) is 2.54. The van der Waals surface area contributed by atoms with Crippen molar-refractivity contribution in [3.63, 3.8) is 0 Å². The molecule has 1 aromatic carbocycles. The van der Waals surface area contributed by atoms with Crippen LogP contribution in [0.25, 0.3) is 11.1 Å². The van der Waals surface area contributed by atoms with Crippen LogP contribution in [-0.2, 0) is 12.8 Å². The van der Waals surface area contributed by atoms with Gasteiger partial charge < -0.3 is 10.5 Å². The number of rotatable bonds is 5. The molecule has 0 saturated carbocycles. The second-order valence-electron chi connectivity index (χ2n) is 5.46. The molecule has 0 radical (unpaired) electrons. The lowest BCUT2D eigenvalue weighted by atomic mass is 9.91. The third kappa shape index (κ3) is 4.21. The third-order valence-electron chi connectivity index (χ3n) is 3.74. The number of halogens is 3. The molecule has 1 aromatic heterocycles. The van der Waals surface area contributed by atoms with Crippen LogP contribution in [0.5, 0.6) is 5.75 Å². The number of nitrogens with zero attached hydrogens (tertiary/aromatic N) is 2. The SMILES string of the molecule is CCCc1nc(N)c(C#N)c(-c2ccc(OC(F)(F)F)cc2)c1CC. The first-order valence-electron chi connectivity index (χ1n) is 7.88. The van der Waals surface area contributed by atoms with Gasteiger partial charge in [-0.05, 0) is 36.1 Å². The predicted molar refractivity (Wildman–Crippen MR) is 88.9 cm³/mol. The van der Waals surface area contributed by atoms with E-state index in [1.807, 2.05) is 13.8 Å². The Morgan fingerprint density at radius 1 is 1.20 bits per heavy atom. The van der Waals surface area contributed by atoms with Gasteiger partial charge in [0.15, 0.2) is 0 Å². The van der Waals surface area contributed by atoms with E-state index >= 15 is 0 Å². The smallest absolute Gasteiger partial charge is 0.406 e. The molecule has 0 saturated heterocycles. The number of ether oxygens (including phenoxy) is 1. The van der Waals surface area contributed by atoms with Crippen molar-refractivity contribution in [2.24, 2.45) is 0 Å². The van der Waals surface area contributed by atoms with Crippen LogP contribution in [0.2, 0.25) is 0 Å². The molecule has 4 nitrogen and oxygen atoms in total. The van der Waals surface area contributed by atoms with E-state index in [1.165, 1.54) is 24.3 Å². The zero-order valence-electron chi connectivity index (χ0n) is 13.9. The molecule has 0 fully saturated rings. The monoisotopic (exact) mass is 349 g/mol. The Morgan fingerprint density at radius 2 is 1.84 bits per heavy atom. The van der Waals surface area contributed by atoms with E-state index in [0.717, 1.165) is 17.7 Å². The second kappa shape index (κ2) is 7.43. The molecule has 0 atom stereocenters. The van der Waals surface area contributed by atoms with Crippen molar-refractivity contribution in [3.05, 3.63) is 41.1 Å². The lowest BCUT2D eigenvalue weighted by Gasteiger charge is -2.17. The van der Waals surface area contributed by atoms with Gasteiger partial charge in [-0.1, -0.05) is 32.4 Å². The minimum absolute atomic E-state index is 0.133. The number of benzene rings is 1. The summed E-state index contributed by atoms with van der Waals surface area (Å²) in [5.41, 5.74) is 9.10. The molecule has 0 spiro atoms. The molecule has 1 heterocycles. The van der Waals surface area contributed by atoms with E-state index in [9.17, 15) is 18.4 Å². The van der Waals surface area contributed by atoms with Gasteiger partial charge in [-0.15, -0.1) is 13.2 Å². The number of anilines is 1. The highest BCUT2D eigenvalue weighted by atomic mass is 19.4. The van der Waals surface area contributed by atoms with E-state index in [0.29, 0.717) is 24.0 Å². The molecule has 25 heavy (non-hydrogen) atoms. The Morgan fingerprint density at radius 3 is 2.32 bits per heavy atom. The Hall–Kier alpha value is -2.75.